The van der Waals surface area contributed by atoms with Crippen molar-refractivity contribution in [2.45, 2.75) is 63.3 Å². The lowest BCUT2D eigenvalue weighted by Crippen LogP contribution is -2.50. The van der Waals surface area contributed by atoms with Crippen LogP contribution < -0.4 is 5.32 Å². The van der Waals surface area contributed by atoms with E-state index < -0.39 is 11.6 Å². The Bertz CT molecular complexity index is 763. The monoisotopic (exact) mass is 397 g/mol. The minimum Gasteiger partial charge on any atom is -0.341 e. The van der Waals surface area contributed by atoms with Crippen LogP contribution in [0.25, 0.3) is 0 Å². The number of nitrogens with zero attached hydrogens (tertiary/aromatic N) is 2. The lowest BCUT2D eigenvalue weighted by molar-refractivity contribution is -0.140. The van der Waals surface area contributed by atoms with Gasteiger partial charge in [-0.3, -0.25) is 14.5 Å². The quantitative estimate of drug-likeness (QED) is 0.793. The van der Waals surface area contributed by atoms with Crippen molar-refractivity contribution in [3.8, 4) is 0 Å². The Morgan fingerprint density at radius 3 is 2.34 bits per heavy atom. The number of piperidine rings is 1. The van der Waals surface area contributed by atoms with Gasteiger partial charge in [0.2, 0.25) is 5.91 Å². The number of hydrogen-bond donors (Lipinski definition) is 1. The van der Waals surface area contributed by atoms with Gasteiger partial charge in [-0.1, -0.05) is 43.7 Å². The fourth-order valence-corrected chi connectivity index (χ4v) is 5.16. The normalized spacial score (nSPS) is 28.1. The van der Waals surface area contributed by atoms with E-state index in [1.807, 2.05) is 18.2 Å². The molecule has 0 atom stereocenters. The summed E-state index contributed by atoms with van der Waals surface area (Å²) in [5, 5.41) is 2.92. The van der Waals surface area contributed by atoms with E-state index in [9.17, 15) is 14.4 Å². The van der Waals surface area contributed by atoms with Crippen molar-refractivity contribution in [1.82, 2.24) is 15.1 Å². The molecule has 156 valence electrons. The first-order valence-electron chi connectivity index (χ1n) is 11.0. The minimum absolute atomic E-state index is 0.126. The van der Waals surface area contributed by atoms with Crippen molar-refractivity contribution in [2.75, 3.05) is 19.6 Å². The number of imide groups is 1. The molecule has 3 fully saturated rings. The van der Waals surface area contributed by atoms with Crippen LogP contribution in [-0.2, 0) is 9.59 Å². The molecule has 1 saturated carbocycles. The summed E-state index contributed by atoms with van der Waals surface area (Å²) in [6.45, 7) is 3.38. The molecule has 1 aromatic carbocycles. The standard InChI is InChI=1S/C23H31N3O3/c1-2-17-8-12-23(13-9-17)21(28)26(22(29)24-23)16-20(27)25-14-10-19(11-15-25)18-6-4-3-5-7-18/h3-7,17,19H,2,8-16H2,1H3,(H,24,29). The lowest BCUT2D eigenvalue weighted by atomic mass is 9.75. The number of benzene rings is 1. The molecular weight excluding hydrogens is 366 g/mol. The van der Waals surface area contributed by atoms with Crippen molar-refractivity contribution in [3.63, 3.8) is 0 Å². The van der Waals surface area contributed by atoms with Gasteiger partial charge in [0, 0.05) is 13.1 Å². The van der Waals surface area contributed by atoms with Gasteiger partial charge < -0.3 is 10.2 Å². The molecule has 2 heterocycles. The van der Waals surface area contributed by atoms with E-state index in [1.165, 1.54) is 5.56 Å². The molecule has 2 saturated heterocycles. The predicted molar refractivity (Wildman–Crippen MR) is 110 cm³/mol. The van der Waals surface area contributed by atoms with Crippen molar-refractivity contribution in [2.24, 2.45) is 5.92 Å². The second-order valence-electron chi connectivity index (χ2n) is 8.82. The van der Waals surface area contributed by atoms with Crippen LogP contribution in [0, 0.1) is 5.92 Å². The molecule has 4 amide bonds. The molecular formula is C23H31N3O3. The number of hydrogen-bond acceptors (Lipinski definition) is 3. The van der Waals surface area contributed by atoms with Crippen LogP contribution in [0.4, 0.5) is 4.79 Å². The highest BCUT2D eigenvalue weighted by Gasteiger charge is 2.52. The van der Waals surface area contributed by atoms with Gasteiger partial charge in [0.15, 0.2) is 0 Å². The van der Waals surface area contributed by atoms with Crippen molar-refractivity contribution >= 4 is 17.8 Å². The van der Waals surface area contributed by atoms with Crippen molar-refractivity contribution in [3.05, 3.63) is 35.9 Å². The summed E-state index contributed by atoms with van der Waals surface area (Å²) < 4.78 is 0. The topological polar surface area (TPSA) is 69.7 Å². The number of nitrogens with one attached hydrogen (secondary N) is 1. The molecule has 0 bridgehead atoms. The molecule has 0 radical (unpaired) electrons. The first kappa shape index (κ1) is 19.9. The van der Waals surface area contributed by atoms with Gasteiger partial charge in [0.25, 0.3) is 5.91 Å². The van der Waals surface area contributed by atoms with Crippen LogP contribution in [-0.4, -0.2) is 52.8 Å². The molecule has 1 aliphatic carbocycles. The second kappa shape index (κ2) is 8.17. The molecule has 2 aliphatic heterocycles. The first-order chi connectivity index (χ1) is 14.0. The number of carbonyl (C=O) groups is 3. The Kier molecular flexibility index (Phi) is 5.61. The SMILES string of the molecule is CCC1CCC2(CC1)NC(=O)N(CC(=O)N1CCC(c3ccccc3)CC1)C2=O. The van der Waals surface area contributed by atoms with Crippen LogP contribution in [0.15, 0.2) is 30.3 Å². The van der Waals surface area contributed by atoms with E-state index in [-0.39, 0.29) is 18.4 Å². The molecule has 1 spiro atoms. The summed E-state index contributed by atoms with van der Waals surface area (Å²) >= 11 is 0. The molecule has 6 heteroatoms. The van der Waals surface area contributed by atoms with Crippen molar-refractivity contribution in [1.29, 1.82) is 0 Å². The lowest BCUT2D eigenvalue weighted by Gasteiger charge is -2.35. The summed E-state index contributed by atoms with van der Waals surface area (Å²) in [7, 11) is 0. The molecule has 0 unspecified atom stereocenters. The van der Waals surface area contributed by atoms with Crippen LogP contribution in [0.2, 0.25) is 0 Å². The second-order valence-corrected chi connectivity index (χ2v) is 8.82. The summed E-state index contributed by atoms with van der Waals surface area (Å²) in [6.07, 6.45) is 6.22. The maximum atomic E-state index is 13.0. The average molecular weight is 398 g/mol. The zero-order valence-corrected chi connectivity index (χ0v) is 17.2. The largest absolute Gasteiger partial charge is 0.341 e. The number of carbonyl (C=O) groups excluding carboxylic acids is 3. The molecule has 1 aromatic rings. The summed E-state index contributed by atoms with van der Waals surface area (Å²) in [5.74, 6) is 0.768. The molecule has 4 rings (SSSR count). The Morgan fingerprint density at radius 1 is 1.07 bits per heavy atom. The van der Waals surface area contributed by atoms with E-state index in [0.717, 1.165) is 37.0 Å². The van der Waals surface area contributed by atoms with E-state index >= 15 is 0 Å². The zero-order valence-electron chi connectivity index (χ0n) is 17.2. The third-order valence-electron chi connectivity index (χ3n) is 7.19. The number of urea groups is 1. The predicted octanol–water partition coefficient (Wildman–Crippen LogP) is 3.28. The van der Waals surface area contributed by atoms with Crippen LogP contribution >= 0.6 is 0 Å². The van der Waals surface area contributed by atoms with Crippen LogP contribution in [0.1, 0.15) is 63.4 Å². The number of amides is 4. The van der Waals surface area contributed by atoms with E-state index in [0.29, 0.717) is 37.8 Å². The van der Waals surface area contributed by atoms with Gasteiger partial charge >= 0.3 is 6.03 Å². The fourth-order valence-electron chi connectivity index (χ4n) is 5.16. The number of rotatable bonds is 4. The van der Waals surface area contributed by atoms with E-state index in [2.05, 4.69) is 24.4 Å². The van der Waals surface area contributed by atoms with E-state index in [1.54, 1.807) is 4.90 Å². The summed E-state index contributed by atoms with van der Waals surface area (Å²) in [5.41, 5.74) is 0.543. The Hall–Kier alpha value is -2.37. The summed E-state index contributed by atoms with van der Waals surface area (Å²) in [6, 6.07) is 9.99. The van der Waals surface area contributed by atoms with Gasteiger partial charge in [-0.05, 0) is 55.9 Å². The fraction of sp³-hybridized carbons (Fsp3) is 0.609. The average Bonchev–Trinajstić information content (AvgIpc) is 2.99. The Morgan fingerprint density at radius 2 is 1.72 bits per heavy atom. The van der Waals surface area contributed by atoms with Gasteiger partial charge in [0.1, 0.15) is 12.1 Å². The first-order valence-corrected chi connectivity index (χ1v) is 11.0. The molecule has 3 aliphatic rings. The zero-order chi connectivity index (χ0) is 20.4. The third-order valence-corrected chi connectivity index (χ3v) is 7.19. The highest BCUT2D eigenvalue weighted by Crippen LogP contribution is 2.37. The van der Waals surface area contributed by atoms with Crippen molar-refractivity contribution < 1.29 is 14.4 Å². The Labute approximate surface area is 172 Å². The third kappa shape index (κ3) is 3.89. The van der Waals surface area contributed by atoms with Gasteiger partial charge in [-0.15, -0.1) is 0 Å². The molecule has 1 N–H and O–H groups in total. The van der Waals surface area contributed by atoms with Crippen LogP contribution in [0.3, 0.4) is 0 Å². The maximum Gasteiger partial charge on any atom is 0.325 e. The van der Waals surface area contributed by atoms with Gasteiger partial charge in [0.05, 0.1) is 0 Å². The maximum absolute atomic E-state index is 13.0. The van der Waals surface area contributed by atoms with E-state index in [4.69, 9.17) is 0 Å². The Balaban J connectivity index is 1.33. The van der Waals surface area contributed by atoms with Crippen LogP contribution in [0.5, 0.6) is 0 Å². The molecule has 29 heavy (non-hydrogen) atoms. The highest BCUT2D eigenvalue weighted by atomic mass is 16.2. The minimum atomic E-state index is -0.774. The highest BCUT2D eigenvalue weighted by molar-refractivity contribution is 6.09. The van der Waals surface area contributed by atoms with Gasteiger partial charge in [-0.2, -0.15) is 0 Å². The van der Waals surface area contributed by atoms with Gasteiger partial charge in [-0.25, -0.2) is 4.79 Å². The molecule has 0 aromatic heterocycles. The molecule has 6 nitrogen and oxygen atoms in total. The smallest absolute Gasteiger partial charge is 0.325 e. The summed E-state index contributed by atoms with van der Waals surface area (Å²) in [4.78, 5) is 41.3. The number of likely N-dealkylation sites (tertiary alicyclic amines) is 1.